The van der Waals surface area contributed by atoms with Crippen molar-refractivity contribution in [1.29, 1.82) is 5.26 Å². The number of carboxylic acids is 1. The van der Waals surface area contributed by atoms with E-state index in [1.165, 1.54) is 23.1 Å². The maximum atomic E-state index is 13.4. The maximum absolute atomic E-state index is 13.4. The van der Waals surface area contributed by atoms with Gasteiger partial charge in [-0.05, 0) is 70.2 Å². The number of thioether (sulfide) groups is 1. The van der Waals surface area contributed by atoms with E-state index in [0.717, 1.165) is 15.3 Å². The van der Waals surface area contributed by atoms with E-state index in [9.17, 15) is 29.5 Å². The van der Waals surface area contributed by atoms with E-state index < -0.39 is 34.7 Å². The molecule has 3 N–H and O–H groups in total. The van der Waals surface area contributed by atoms with Crippen molar-refractivity contribution in [2.24, 2.45) is 11.8 Å². The quantitative estimate of drug-likeness (QED) is 0.238. The number of hydrogen-bond acceptors (Lipinski definition) is 8. The zero-order valence-electron chi connectivity index (χ0n) is 24.6. The zero-order chi connectivity index (χ0) is 31.3. The highest BCUT2D eigenvalue weighted by Gasteiger charge is 2.34. The second-order valence-corrected chi connectivity index (χ2v) is 13.9. The average Bonchev–Trinajstić information content (AvgIpc) is 3.31. The first-order valence-electron chi connectivity index (χ1n) is 14.2. The van der Waals surface area contributed by atoms with Crippen molar-refractivity contribution in [1.82, 2.24) is 4.90 Å². The largest absolute Gasteiger partial charge is 0.481 e. The van der Waals surface area contributed by atoms with Crippen LogP contribution in [0.3, 0.4) is 0 Å². The molecule has 2 aromatic rings. The van der Waals surface area contributed by atoms with Gasteiger partial charge < -0.3 is 25.4 Å². The van der Waals surface area contributed by atoms with Crippen molar-refractivity contribution in [3.05, 3.63) is 52.4 Å². The van der Waals surface area contributed by atoms with Crippen LogP contribution >= 0.6 is 23.1 Å². The number of fused-ring (bicyclic) bond motifs is 1. The lowest BCUT2D eigenvalue weighted by Gasteiger charge is -2.29. The molecule has 10 nitrogen and oxygen atoms in total. The van der Waals surface area contributed by atoms with Gasteiger partial charge in [0, 0.05) is 22.0 Å². The molecular weight excluding hydrogens is 588 g/mol. The normalized spacial score (nSPS) is 18.6. The third-order valence-electron chi connectivity index (χ3n) is 7.19. The number of rotatable bonds is 8. The Morgan fingerprint density at radius 2 is 1.91 bits per heavy atom. The first kappa shape index (κ1) is 32.1. The number of carboxylic acid groups (broad SMARTS) is 1. The standard InChI is InChI=1S/C31H36N4O6S2/c1-5-24(42-19-10-8-9-18(15-19)33-26(36)21-11-6-7-12-22(21)29(38)39)27(37)34-28-23(16-32)20-13-14-35(17-25(20)43-28)30(40)41-31(2,3)4/h6-10,15,21-22,24H,5,11-14,17H2,1-4H3,(H,33,36)(H,34,37)(H,38,39). The van der Waals surface area contributed by atoms with Gasteiger partial charge in [0.15, 0.2) is 0 Å². The monoisotopic (exact) mass is 624 g/mol. The Balaban J connectivity index is 1.42. The molecular formula is C31H36N4O6S2. The maximum Gasteiger partial charge on any atom is 0.410 e. The van der Waals surface area contributed by atoms with E-state index in [2.05, 4.69) is 16.7 Å². The number of anilines is 2. The fraction of sp³-hybridized carbons (Fsp3) is 0.452. The van der Waals surface area contributed by atoms with Crippen LogP contribution in [0.5, 0.6) is 0 Å². The van der Waals surface area contributed by atoms with Crippen molar-refractivity contribution in [2.75, 3.05) is 17.2 Å². The topological polar surface area (TPSA) is 149 Å². The van der Waals surface area contributed by atoms with E-state index in [4.69, 9.17) is 4.74 Å². The second kappa shape index (κ2) is 13.7. The molecule has 0 spiro atoms. The van der Waals surface area contributed by atoms with Crippen LogP contribution in [0.1, 0.15) is 63.0 Å². The van der Waals surface area contributed by atoms with Crippen LogP contribution in [0, 0.1) is 23.2 Å². The fourth-order valence-corrected chi connectivity index (χ4v) is 7.26. The summed E-state index contributed by atoms with van der Waals surface area (Å²) < 4.78 is 5.50. The highest BCUT2D eigenvalue weighted by Crippen LogP contribution is 2.38. The molecule has 0 bridgehead atoms. The number of aliphatic carboxylic acids is 1. The molecule has 3 amide bonds. The number of hydrogen-bond donors (Lipinski definition) is 3. The summed E-state index contributed by atoms with van der Waals surface area (Å²) in [6, 6.07) is 9.35. The number of amides is 3. The van der Waals surface area contributed by atoms with Crippen molar-refractivity contribution < 1.29 is 29.0 Å². The van der Waals surface area contributed by atoms with Gasteiger partial charge in [-0.2, -0.15) is 5.26 Å². The van der Waals surface area contributed by atoms with Gasteiger partial charge in [-0.3, -0.25) is 14.4 Å². The molecule has 1 aromatic carbocycles. The average molecular weight is 625 g/mol. The first-order valence-corrected chi connectivity index (χ1v) is 15.9. The summed E-state index contributed by atoms with van der Waals surface area (Å²) in [6.07, 6.45) is 4.91. The van der Waals surface area contributed by atoms with Crippen LogP contribution in [-0.2, 0) is 32.1 Å². The Kier molecular flexibility index (Phi) is 10.2. The van der Waals surface area contributed by atoms with Gasteiger partial charge in [-0.25, -0.2) is 4.79 Å². The Hall–Kier alpha value is -3.82. The summed E-state index contributed by atoms with van der Waals surface area (Å²) in [5, 5.41) is 25.2. The number of allylic oxidation sites excluding steroid dienone is 2. The van der Waals surface area contributed by atoms with Crippen molar-refractivity contribution in [2.45, 2.75) is 75.7 Å². The minimum Gasteiger partial charge on any atom is -0.481 e. The van der Waals surface area contributed by atoms with Crippen LogP contribution in [0.25, 0.3) is 0 Å². The van der Waals surface area contributed by atoms with E-state index in [0.29, 0.717) is 55.0 Å². The summed E-state index contributed by atoms with van der Waals surface area (Å²) in [5.74, 6) is -3.01. The van der Waals surface area contributed by atoms with E-state index in [1.54, 1.807) is 29.2 Å². The van der Waals surface area contributed by atoms with Gasteiger partial charge in [-0.15, -0.1) is 23.1 Å². The lowest BCUT2D eigenvalue weighted by Crippen LogP contribution is -2.39. The molecule has 0 saturated carbocycles. The lowest BCUT2D eigenvalue weighted by molar-refractivity contribution is -0.146. The number of thiophene rings is 1. The summed E-state index contributed by atoms with van der Waals surface area (Å²) in [5.41, 5.74) is 1.19. The molecule has 0 fully saturated rings. The summed E-state index contributed by atoms with van der Waals surface area (Å²) in [4.78, 5) is 53.7. The number of nitrogens with one attached hydrogen (secondary N) is 2. The van der Waals surface area contributed by atoms with E-state index in [-0.39, 0.29) is 11.8 Å². The molecule has 1 aliphatic carbocycles. The molecule has 3 unspecified atom stereocenters. The third-order valence-corrected chi connectivity index (χ3v) is 9.68. The number of carbonyl (C=O) groups is 4. The van der Waals surface area contributed by atoms with Gasteiger partial charge in [0.1, 0.15) is 16.7 Å². The molecule has 0 radical (unpaired) electrons. The molecule has 1 aliphatic heterocycles. The molecule has 0 saturated heterocycles. The van der Waals surface area contributed by atoms with Crippen molar-refractivity contribution >= 4 is 57.7 Å². The van der Waals surface area contributed by atoms with Crippen molar-refractivity contribution in [3.8, 4) is 6.07 Å². The number of carbonyl (C=O) groups excluding carboxylic acids is 3. The minimum atomic E-state index is -0.989. The Morgan fingerprint density at radius 1 is 1.19 bits per heavy atom. The fourth-order valence-electron chi connectivity index (χ4n) is 5.03. The van der Waals surface area contributed by atoms with Gasteiger partial charge in [-0.1, -0.05) is 25.1 Å². The number of ether oxygens (including phenoxy) is 1. The number of benzene rings is 1. The third kappa shape index (κ3) is 7.97. The zero-order valence-corrected chi connectivity index (χ0v) is 26.3. The molecule has 228 valence electrons. The molecule has 43 heavy (non-hydrogen) atoms. The number of nitriles is 1. The van der Waals surface area contributed by atoms with Crippen LogP contribution < -0.4 is 10.6 Å². The van der Waals surface area contributed by atoms with Gasteiger partial charge in [0.2, 0.25) is 11.8 Å². The molecule has 2 aliphatic rings. The molecule has 3 atom stereocenters. The van der Waals surface area contributed by atoms with E-state index >= 15 is 0 Å². The Morgan fingerprint density at radius 3 is 2.56 bits per heavy atom. The van der Waals surface area contributed by atoms with Gasteiger partial charge >= 0.3 is 12.1 Å². The summed E-state index contributed by atoms with van der Waals surface area (Å²) in [6.45, 7) is 8.08. The predicted octanol–water partition coefficient (Wildman–Crippen LogP) is 6.03. The van der Waals surface area contributed by atoms with Gasteiger partial charge in [0.25, 0.3) is 0 Å². The predicted molar refractivity (Wildman–Crippen MR) is 166 cm³/mol. The van der Waals surface area contributed by atoms with Gasteiger partial charge in [0.05, 0.1) is 29.2 Å². The Bertz CT molecular complexity index is 1470. The minimum absolute atomic E-state index is 0.251. The SMILES string of the molecule is CCC(Sc1cccc(NC(=O)C2CC=CCC2C(=O)O)c1)C(=O)Nc1sc2c(c1C#N)CCN(C(=O)OC(C)(C)C)C2. The molecule has 1 aromatic heterocycles. The molecule has 2 heterocycles. The first-order chi connectivity index (χ1) is 20.4. The smallest absolute Gasteiger partial charge is 0.410 e. The molecule has 4 rings (SSSR count). The van der Waals surface area contributed by atoms with Crippen LogP contribution in [0.15, 0.2) is 41.3 Å². The lowest BCUT2D eigenvalue weighted by atomic mass is 9.82. The molecule has 12 heteroatoms. The van der Waals surface area contributed by atoms with Crippen LogP contribution in [0.4, 0.5) is 15.5 Å². The highest BCUT2D eigenvalue weighted by atomic mass is 32.2. The second-order valence-electron chi connectivity index (χ2n) is 11.5. The van der Waals surface area contributed by atoms with Crippen molar-refractivity contribution in [3.63, 3.8) is 0 Å². The highest BCUT2D eigenvalue weighted by molar-refractivity contribution is 8.00. The number of nitrogens with zero attached hydrogens (tertiary/aromatic N) is 2. The summed E-state index contributed by atoms with van der Waals surface area (Å²) in [7, 11) is 0. The summed E-state index contributed by atoms with van der Waals surface area (Å²) >= 11 is 2.65. The van der Waals surface area contributed by atoms with Crippen LogP contribution in [0.2, 0.25) is 0 Å². The Labute approximate surface area is 259 Å². The van der Waals surface area contributed by atoms with E-state index in [1.807, 2.05) is 39.8 Å². The van der Waals surface area contributed by atoms with Crippen LogP contribution in [-0.4, -0.2) is 51.3 Å².